The Morgan fingerprint density at radius 3 is 2.71 bits per heavy atom. The monoisotopic (exact) mass is 255 g/mol. The van der Waals surface area contributed by atoms with Crippen molar-refractivity contribution in [2.75, 3.05) is 16.6 Å². The molecule has 1 aromatic rings. The number of nitrogens with zero attached hydrogens (tertiary/aromatic N) is 1. The Morgan fingerprint density at radius 2 is 2.06 bits per heavy atom. The first-order chi connectivity index (χ1) is 7.92. The molecule has 17 heavy (non-hydrogen) atoms. The van der Waals surface area contributed by atoms with Crippen LogP contribution in [0.5, 0.6) is 0 Å². The van der Waals surface area contributed by atoms with Gasteiger partial charge >= 0.3 is 0 Å². The molecule has 0 aliphatic carbocycles. The fraction of sp³-hybridized carbons (Fsp3) is 0.500. The number of fused-ring (bicyclic) bond motifs is 1. The summed E-state index contributed by atoms with van der Waals surface area (Å²) in [5, 5.41) is 9.84. The highest BCUT2D eigenvalue weighted by Crippen LogP contribution is 2.35. The van der Waals surface area contributed by atoms with E-state index in [0.717, 1.165) is 0 Å². The summed E-state index contributed by atoms with van der Waals surface area (Å²) in [6.45, 7) is 4.40. The molecule has 0 saturated carbocycles. The van der Waals surface area contributed by atoms with Gasteiger partial charge in [0.2, 0.25) is 10.0 Å². The maximum absolute atomic E-state index is 12.1. The van der Waals surface area contributed by atoms with Crippen molar-refractivity contribution in [3.8, 4) is 0 Å². The van der Waals surface area contributed by atoms with Gasteiger partial charge in [-0.15, -0.1) is 0 Å². The Balaban J connectivity index is 2.51. The van der Waals surface area contributed by atoms with Crippen LogP contribution in [0.25, 0.3) is 0 Å². The molecule has 1 aromatic carbocycles. The van der Waals surface area contributed by atoms with Crippen LogP contribution >= 0.6 is 0 Å². The third-order valence-electron chi connectivity index (χ3n) is 2.80. The lowest BCUT2D eigenvalue weighted by atomic mass is 10.1. The van der Waals surface area contributed by atoms with Gasteiger partial charge in [0.25, 0.3) is 0 Å². The molecule has 1 heterocycles. The number of para-hydroxylation sites is 1. The van der Waals surface area contributed by atoms with Crippen LogP contribution in [0.15, 0.2) is 24.3 Å². The molecule has 1 aliphatic rings. The molecule has 4 nitrogen and oxygen atoms in total. The van der Waals surface area contributed by atoms with Gasteiger partial charge < -0.3 is 5.11 Å². The first kappa shape index (κ1) is 12.4. The van der Waals surface area contributed by atoms with Crippen LogP contribution in [-0.2, 0) is 10.0 Å². The normalized spacial score (nSPS) is 22.6. The molecule has 5 heteroatoms. The Morgan fingerprint density at radius 1 is 1.41 bits per heavy atom. The van der Waals surface area contributed by atoms with Crippen molar-refractivity contribution in [3.63, 3.8) is 0 Å². The maximum Gasteiger partial charge on any atom is 0.238 e. The van der Waals surface area contributed by atoms with Crippen molar-refractivity contribution in [2.24, 2.45) is 5.92 Å². The van der Waals surface area contributed by atoms with Crippen LogP contribution in [0.3, 0.4) is 0 Å². The zero-order valence-corrected chi connectivity index (χ0v) is 10.8. The summed E-state index contributed by atoms with van der Waals surface area (Å²) in [5.74, 6) is 0.0181. The quantitative estimate of drug-likeness (QED) is 0.871. The van der Waals surface area contributed by atoms with Crippen LogP contribution < -0.4 is 4.31 Å². The molecular formula is C12H17NO3S. The average molecular weight is 255 g/mol. The molecule has 1 unspecified atom stereocenters. The van der Waals surface area contributed by atoms with Gasteiger partial charge in [0.05, 0.1) is 17.5 Å². The number of hydrogen-bond donors (Lipinski definition) is 1. The van der Waals surface area contributed by atoms with Gasteiger partial charge in [-0.25, -0.2) is 8.42 Å². The second kappa shape index (κ2) is 4.31. The van der Waals surface area contributed by atoms with Gasteiger partial charge in [-0.1, -0.05) is 32.0 Å². The standard InChI is InChI=1S/C12H17NO3S/c1-9(2)7-13-11-6-4-3-5-10(11)12(14)8-17(13,15)16/h3-6,9,12,14H,7-8H2,1-2H3. The molecule has 1 atom stereocenters. The average Bonchev–Trinajstić information content (AvgIpc) is 2.23. The van der Waals surface area contributed by atoms with Crippen molar-refractivity contribution >= 4 is 15.7 Å². The van der Waals surface area contributed by atoms with Gasteiger partial charge in [0, 0.05) is 12.1 Å². The Bertz CT molecular complexity index is 510. The summed E-state index contributed by atoms with van der Waals surface area (Å²) in [6.07, 6.45) is -0.917. The zero-order chi connectivity index (χ0) is 12.6. The molecule has 0 spiro atoms. The van der Waals surface area contributed by atoms with Crippen molar-refractivity contribution in [3.05, 3.63) is 29.8 Å². The Labute approximate surface area is 102 Å². The van der Waals surface area contributed by atoms with Gasteiger partial charge in [-0.05, 0) is 12.0 Å². The molecule has 0 saturated heterocycles. The van der Waals surface area contributed by atoms with Crippen LogP contribution in [0.4, 0.5) is 5.69 Å². The van der Waals surface area contributed by atoms with E-state index in [9.17, 15) is 13.5 Å². The lowest BCUT2D eigenvalue weighted by molar-refractivity contribution is 0.200. The molecule has 0 radical (unpaired) electrons. The number of aliphatic hydroxyl groups is 1. The molecule has 0 bridgehead atoms. The molecule has 0 aromatic heterocycles. The number of sulfonamides is 1. The van der Waals surface area contributed by atoms with E-state index in [2.05, 4.69) is 0 Å². The lowest BCUT2D eigenvalue weighted by Gasteiger charge is -2.34. The largest absolute Gasteiger partial charge is 0.387 e. The van der Waals surface area contributed by atoms with Crippen LogP contribution in [-0.4, -0.2) is 25.8 Å². The van der Waals surface area contributed by atoms with Crippen molar-refractivity contribution < 1.29 is 13.5 Å². The van der Waals surface area contributed by atoms with E-state index in [1.807, 2.05) is 19.9 Å². The van der Waals surface area contributed by atoms with E-state index in [-0.39, 0.29) is 11.7 Å². The second-order valence-electron chi connectivity index (χ2n) is 4.78. The van der Waals surface area contributed by atoms with Crippen molar-refractivity contribution in [1.29, 1.82) is 0 Å². The molecule has 1 aliphatic heterocycles. The van der Waals surface area contributed by atoms with E-state index in [4.69, 9.17) is 0 Å². The lowest BCUT2D eigenvalue weighted by Crippen LogP contribution is -2.41. The predicted molar refractivity (Wildman–Crippen MR) is 67.4 cm³/mol. The summed E-state index contributed by atoms with van der Waals surface area (Å²) < 4.78 is 25.5. The Kier molecular flexibility index (Phi) is 3.14. The number of aliphatic hydroxyl groups excluding tert-OH is 1. The molecule has 0 amide bonds. The molecular weight excluding hydrogens is 238 g/mol. The van der Waals surface area contributed by atoms with Crippen LogP contribution in [0, 0.1) is 5.92 Å². The Hall–Kier alpha value is -1.07. The summed E-state index contributed by atoms with van der Waals surface area (Å²) in [5.41, 5.74) is 1.31. The minimum atomic E-state index is -3.40. The smallest absolute Gasteiger partial charge is 0.238 e. The second-order valence-corrected chi connectivity index (χ2v) is 6.72. The summed E-state index contributed by atoms with van der Waals surface area (Å²) in [7, 11) is -3.40. The third kappa shape index (κ3) is 2.30. The first-order valence-corrected chi connectivity index (χ1v) is 7.30. The number of benzene rings is 1. The zero-order valence-electron chi connectivity index (χ0n) is 10.00. The minimum absolute atomic E-state index is 0.225. The van der Waals surface area contributed by atoms with E-state index < -0.39 is 16.1 Å². The van der Waals surface area contributed by atoms with Crippen molar-refractivity contribution in [1.82, 2.24) is 0 Å². The highest BCUT2D eigenvalue weighted by atomic mass is 32.2. The molecule has 0 fully saturated rings. The van der Waals surface area contributed by atoms with Crippen LogP contribution in [0.2, 0.25) is 0 Å². The topological polar surface area (TPSA) is 57.6 Å². The van der Waals surface area contributed by atoms with Gasteiger partial charge in [-0.2, -0.15) is 0 Å². The fourth-order valence-electron chi connectivity index (χ4n) is 2.07. The van der Waals surface area contributed by atoms with Crippen molar-refractivity contribution in [2.45, 2.75) is 20.0 Å². The highest BCUT2D eigenvalue weighted by molar-refractivity contribution is 7.92. The van der Waals surface area contributed by atoms with E-state index in [1.54, 1.807) is 18.2 Å². The minimum Gasteiger partial charge on any atom is -0.387 e. The number of anilines is 1. The van der Waals surface area contributed by atoms with Gasteiger partial charge in [0.1, 0.15) is 0 Å². The maximum atomic E-state index is 12.1. The molecule has 94 valence electrons. The summed E-state index contributed by atoms with van der Waals surface area (Å²) >= 11 is 0. The fourth-order valence-corrected chi connectivity index (χ4v) is 3.82. The SMILES string of the molecule is CC(C)CN1c2ccccc2C(O)CS1(=O)=O. The van der Waals surface area contributed by atoms with E-state index >= 15 is 0 Å². The highest BCUT2D eigenvalue weighted by Gasteiger charge is 2.34. The third-order valence-corrected chi connectivity index (χ3v) is 4.55. The first-order valence-electron chi connectivity index (χ1n) is 5.69. The van der Waals surface area contributed by atoms with E-state index in [1.165, 1.54) is 4.31 Å². The molecule has 2 rings (SSSR count). The van der Waals surface area contributed by atoms with Gasteiger partial charge in [0.15, 0.2) is 0 Å². The predicted octanol–water partition coefficient (Wildman–Crippen LogP) is 1.53. The van der Waals surface area contributed by atoms with Gasteiger partial charge in [-0.3, -0.25) is 4.31 Å². The number of hydrogen-bond acceptors (Lipinski definition) is 3. The summed E-state index contributed by atoms with van der Waals surface area (Å²) in [6, 6.07) is 7.13. The van der Waals surface area contributed by atoms with E-state index in [0.29, 0.717) is 17.8 Å². The molecule has 1 N–H and O–H groups in total. The summed E-state index contributed by atoms with van der Waals surface area (Å²) in [4.78, 5) is 0. The van der Waals surface area contributed by atoms with Crippen LogP contribution in [0.1, 0.15) is 25.5 Å². The number of rotatable bonds is 2.